The van der Waals surface area contributed by atoms with Crippen molar-refractivity contribution in [3.63, 3.8) is 0 Å². The Hall–Kier alpha value is -1.91. The van der Waals surface area contributed by atoms with Gasteiger partial charge >= 0.3 is 5.97 Å². The van der Waals surface area contributed by atoms with Gasteiger partial charge in [-0.1, -0.05) is 12.1 Å². The number of carboxylic acids is 1. The summed E-state index contributed by atoms with van der Waals surface area (Å²) in [5.74, 6) is -0.891. The molecule has 1 rings (SSSR count). The van der Waals surface area contributed by atoms with Gasteiger partial charge in [-0.25, -0.2) is 8.42 Å². The molecule has 0 radical (unpaired) electrons. The van der Waals surface area contributed by atoms with Crippen LogP contribution in [-0.4, -0.2) is 37.4 Å². The Morgan fingerprint density at radius 2 is 1.95 bits per heavy atom. The van der Waals surface area contributed by atoms with E-state index in [2.05, 4.69) is 0 Å². The monoisotopic (exact) mass is 296 g/mol. The molecular weight excluding hydrogens is 280 g/mol. The van der Waals surface area contributed by atoms with Crippen molar-refractivity contribution in [1.82, 2.24) is 4.31 Å². The van der Waals surface area contributed by atoms with Crippen LogP contribution in [0.4, 0.5) is 0 Å². The fraction of sp³-hybridized carbons (Fsp3) is 0.385. The van der Waals surface area contributed by atoms with Crippen LogP contribution in [0.25, 0.3) is 0 Å². The summed E-state index contributed by atoms with van der Waals surface area (Å²) >= 11 is 0. The number of aryl methyl sites for hydroxylation is 1. The number of benzene rings is 1. The average molecular weight is 296 g/mol. The van der Waals surface area contributed by atoms with Gasteiger partial charge in [0, 0.05) is 26.4 Å². The van der Waals surface area contributed by atoms with Gasteiger partial charge in [0.15, 0.2) is 0 Å². The van der Waals surface area contributed by atoms with Gasteiger partial charge < -0.3 is 5.11 Å². The highest BCUT2D eigenvalue weighted by atomic mass is 32.2. The molecule has 7 heteroatoms. The molecule has 0 fully saturated rings. The number of rotatable bonds is 7. The second-order valence-electron chi connectivity index (χ2n) is 4.27. The summed E-state index contributed by atoms with van der Waals surface area (Å²) in [4.78, 5) is 10.6. The topological polar surface area (TPSA) is 98.5 Å². The van der Waals surface area contributed by atoms with Crippen LogP contribution in [-0.2, 0) is 21.2 Å². The van der Waals surface area contributed by atoms with Crippen molar-refractivity contribution in [2.75, 3.05) is 13.6 Å². The number of nitrogens with zero attached hydrogens (tertiary/aromatic N) is 2. The van der Waals surface area contributed by atoms with Crippen molar-refractivity contribution < 1.29 is 18.3 Å². The molecule has 0 heterocycles. The molecule has 0 aliphatic heterocycles. The first-order valence-electron chi connectivity index (χ1n) is 6.02. The third-order valence-corrected chi connectivity index (χ3v) is 4.67. The van der Waals surface area contributed by atoms with Crippen molar-refractivity contribution in [2.45, 2.75) is 24.2 Å². The third-order valence-electron chi connectivity index (χ3n) is 2.80. The summed E-state index contributed by atoms with van der Waals surface area (Å²) in [5, 5.41) is 17.1. The number of carbonyl (C=O) groups is 1. The highest BCUT2D eigenvalue weighted by Crippen LogP contribution is 2.16. The molecule has 0 saturated heterocycles. The van der Waals surface area contributed by atoms with Gasteiger partial charge in [0.2, 0.25) is 10.0 Å². The van der Waals surface area contributed by atoms with Crippen molar-refractivity contribution in [3.05, 3.63) is 29.8 Å². The van der Waals surface area contributed by atoms with Crippen LogP contribution in [0.15, 0.2) is 29.2 Å². The minimum atomic E-state index is -3.59. The number of nitriles is 1. The van der Waals surface area contributed by atoms with E-state index in [1.54, 1.807) is 12.1 Å². The van der Waals surface area contributed by atoms with Crippen LogP contribution in [0, 0.1) is 11.3 Å². The van der Waals surface area contributed by atoms with E-state index >= 15 is 0 Å². The second kappa shape index (κ2) is 7.03. The van der Waals surface area contributed by atoms with Crippen molar-refractivity contribution in [2.24, 2.45) is 0 Å². The largest absolute Gasteiger partial charge is 0.481 e. The Balaban J connectivity index is 2.81. The van der Waals surface area contributed by atoms with Gasteiger partial charge in [-0.05, 0) is 24.1 Å². The van der Waals surface area contributed by atoms with Crippen LogP contribution >= 0.6 is 0 Å². The molecule has 0 bridgehead atoms. The van der Waals surface area contributed by atoms with E-state index in [-0.39, 0.29) is 24.3 Å². The third kappa shape index (κ3) is 4.33. The summed E-state index contributed by atoms with van der Waals surface area (Å²) in [6, 6.07) is 8.01. The zero-order chi connectivity index (χ0) is 15.2. The van der Waals surface area contributed by atoms with Gasteiger partial charge in [0.1, 0.15) is 0 Å². The first kappa shape index (κ1) is 16.1. The molecule has 108 valence electrons. The lowest BCUT2D eigenvalue weighted by Gasteiger charge is -2.15. The van der Waals surface area contributed by atoms with Gasteiger partial charge in [-0.3, -0.25) is 4.79 Å². The molecule has 0 unspecified atom stereocenters. The number of hydrogen-bond donors (Lipinski definition) is 1. The van der Waals surface area contributed by atoms with Crippen molar-refractivity contribution in [1.29, 1.82) is 5.26 Å². The number of sulfonamides is 1. The number of hydrogen-bond acceptors (Lipinski definition) is 4. The Morgan fingerprint density at radius 3 is 2.45 bits per heavy atom. The normalized spacial score (nSPS) is 11.2. The summed E-state index contributed by atoms with van der Waals surface area (Å²) in [5.41, 5.74) is 0.769. The molecule has 0 aliphatic carbocycles. The lowest BCUT2D eigenvalue weighted by Crippen LogP contribution is -2.27. The van der Waals surface area contributed by atoms with Crippen LogP contribution < -0.4 is 0 Å². The maximum absolute atomic E-state index is 12.1. The van der Waals surface area contributed by atoms with Gasteiger partial charge in [0.25, 0.3) is 0 Å². The van der Waals surface area contributed by atoms with Crippen molar-refractivity contribution in [3.8, 4) is 6.07 Å². The number of carboxylic acid groups (broad SMARTS) is 1. The molecule has 6 nitrogen and oxygen atoms in total. The SMILES string of the molecule is CN(CCC#N)S(=O)(=O)c1ccc(CCC(=O)O)cc1. The average Bonchev–Trinajstić information content (AvgIpc) is 2.42. The summed E-state index contributed by atoms with van der Waals surface area (Å²) in [7, 11) is -2.17. The van der Waals surface area contributed by atoms with Crippen LogP contribution in [0.5, 0.6) is 0 Å². The highest BCUT2D eigenvalue weighted by Gasteiger charge is 2.19. The van der Waals surface area contributed by atoms with Gasteiger partial charge in [-0.2, -0.15) is 9.57 Å². The molecule has 0 atom stereocenters. The minimum absolute atomic E-state index is 0.00810. The molecule has 0 aromatic heterocycles. The molecule has 0 spiro atoms. The number of aliphatic carboxylic acids is 1. The van der Waals surface area contributed by atoms with E-state index in [1.807, 2.05) is 6.07 Å². The molecule has 1 N–H and O–H groups in total. The fourth-order valence-electron chi connectivity index (χ4n) is 1.59. The molecular formula is C13H16N2O4S. The smallest absolute Gasteiger partial charge is 0.303 e. The van der Waals surface area contributed by atoms with E-state index < -0.39 is 16.0 Å². The fourth-order valence-corrected chi connectivity index (χ4v) is 2.76. The predicted molar refractivity (Wildman–Crippen MR) is 72.4 cm³/mol. The van der Waals surface area contributed by atoms with Crippen LogP contribution in [0.3, 0.4) is 0 Å². The molecule has 0 saturated carbocycles. The lowest BCUT2D eigenvalue weighted by atomic mass is 10.1. The summed E-state index contributed by atoms with van der Waals surface area (Å²) in [6.07, 6.45) is 0.501. The molecule has 1 aromatic carbocycles. The maximum Gasteiger partial charge on any atom is 0.303 e. The van der Waals surface area contributed by atoms with E-state index in [9.17, 15) is 13.2 Å². The van der Waals surface area contributed by atoms with Crippen LogP contribution in [0.2, 0.25) is 0 Å². The summed E-state index contributed by atoms with van der Waals surface area (Å²) < 4.78 is 25.4. The zero-order valence-electron chi connectivity index (χ0n) is 11.1. The second-order valence-corrected chi connectivity index (χ2v) is 6.32. The predicted octanol–water partition coefficient (Wildman–Crippen LogP) is 1.24. The van der Waals surface area contributed by atoms with E-state index in [1.165, 1.54) is 19.2 Å². The van der Waals surface area contributed by atoms with Gasteiger partial charge in [0.05, 0.1) is 11.0 Å². The standard InChI is InChI=1S/C13H16N2O4S/c1-15(10-2-9-14)20(18,19)12-6-3-11(4-7-12)5-8-13(16)17/h3-4,6-7H,2,5,8,10H2,1H3,(H,16,17). The lowest BCUT2D eigenvalue weighted by molar-refractivity contribution is -0.136. The van der Waals surface area contributed by atoms with Gasteiger partial charge in [-0.15, -0.1) is 0 Å². The molecule has 1 aromatic rings. The quantitative estimate of drug-likeness (QED) is 0.816. The minimum Gasteiger partial charge on any atom is -0.481 e. The Morgan fingerprint density at radius 1 is 1.35 bits per heavy atom. The molecule has 0 aliphatic rings. The molecule has 0 amide bonds. The Kier molecular flexibility index (Phi) is 5.67. The van der Waals surface area contributed by atoms with Crippen molar-refractivity contribution >= 4 is 16.0 Å². The first-order valence-corrected chi connectivity index (χ1v) is 7.46. The highest BCUT2D eigenvalue weighted by molar-refractivity contribution is 7.89. The molecule has 20 heavy (non-hydrogen) atoms. The maximum atomic E-state index is 12.1. The summed E-state index contributed by atoms with van der Waals surface area (Å²) in [6.45, 7) is 0.138. The van der Waals surface area contributed by atoms with E-state index in [4.69, 9.17) is 10.4 Å². The van der Waals surface area contributed by atoms with Crippen LogP contribution in [0.1, 0.15) is 18.4 Å². The Labute approximate surface area is 118 Å². The van der Waals surface area contributed by atoms with E-state index in [0.717, 1.165) is 9.87 Å². The zero-order valence-corrected chi connectivity index (χ0v) is 11.9. The first-order chi connectivity index (χ1) is 9.37. The Bertz CT molecular complexity index is 602. The van der Waals surface area contributed by atoms with E-state index in [0.29, 0.717) is 6.42 Å².